The van der Waals surface area contributed by atoms with E-state index in [2.05, 4.69) is 22.0 Å². The number of para-hydroxylation sites is 1. The average molecular weight is 458 g/mol. The molecule has 1 aliphatic carbocycles. The number of carbonyl (C=O) groups excluding carboxylic acids is 1. The molecule has 0 saturated carbocycles. The number of allylic oxidation sites excluding steroid dienone is 3. The van der Waals surface area contributed by atoms with Crippen molar-refractivity contribution in [2.75, 3.05) is 4.90 Å². The molecule has 2 aromatic rings. The lowest BCUT2D eigenvalue weighted by molar-refractivity contribution is -0.116. The van der Waals surface area contributed by atoms with Gasteiger partial charge in [0.1, 0.15) is 11.6 Å². The molecule has 2 N–H and O–H groups in total. The Morgan fingerprint density at radius 2 is 2.11 bits per heavy atom. The van der Waals surface area contributed by atoms with Gasteiger partial charge in [0, 0.05) is 31.9 Å². The zero-order valence-corrected chi connectivity index (χ0v) is 17.5. The van der Waals surface area contributed by atoms with Crippen molar-refractivity contribution in [3.63, 3.8) is 0 Å². The Bertz CT molecular complexity index is 1080. The number of Topliss-reactive ketones (excluding diaryl/α,β-unsaturated/α-hetero) is 1. The summed E-state index contributed by atoms with van der Waals surface area (Å²) in [4.78, 5) is 16.5. The topological polar surface area (TPSA) is 70.1 Å². The summed E-state index contributed by atoms with van der Waals surface area (Å²) in [5, 5.41) is 9.93. The van der Waals surface area contributed by atoms with Gasteiger partial charge < -0.3 is 5.73 Å². The van der Waals surface area contributed by atoms with Crippen molar-refractivity contribution in [1.82, 2.24) is 0 Å². The molecule has 1 aromatic carbocycles. The molecule has 2 heterocycles. The lowest BCUT2D eigenvalue weighted by Crippen LogP contribution is -2.39. The maximum absolute atomic E-state index is 14.6. The largest absolute Gasteiger partial charge is 0.384 e. The van der Waals surface area contributed by atoms with Crippen LogP contribution in [0.4, 0.5) is 10.1 Å². The number of nitrogens with two attached hydrogens (primary N) is 1. The van der Waals surface area contributed by atoms with Gasteiger partial charge in [0.25, 0.3) is 0 Å². The van der Waals surface area contributed by atoms with Crippen LogP contribution in [-0.4, -0.2) is 5.78 Å². The molecule has 28 heavy (non-hydrogen) atoms. The molecule has 7 heteroatoms. The van der Waals surface area contributed by atoms with Gasteiger partial charge in [-0.1, -0.05) is 12.1 Å². The summed E-state index contributed by atoms with van der Waals surface area (Å²) >= 11 is 5.05. The second-order valence-electron chi connectivity index (χ2n) is 6.82. The summed E-state index contributed by atoms with van der Waals surface area (Å²) in [6.45, 7) is 1.98. The van der Waals surface area contributed by atoms with E-state index in [4.69, 9.17) is 5.73 Å². The van der Waals surface area contributed by atoms with Crippen LogP contribution in [0.1, 0.15) is 34.9 Å². The normalized spacial score (nSPS) is 19.7. The number of halogens is 2. The van der Waals surface area contributed by atoms with Crippen LogP contribution >= 0.6 is 27.3 Å². The zero-order valence-electron chi connectivity index (χ0n) is 15.1. The first-order valence-corrected chi connectivity index (χ1v) is 10.5. The molecule has 2 aliphatic rings. The van der Waals surface area contributed by atoms with E-state index in [0.29, 0.717) is 30.5 Å². The second-order valence-corrected chi connectivity index (χ2v) is 8.96. The molecule has 4 rings (SSSR count). The number of hydrogen-bond acceptors (Lipinski definition) is 5. The number of nitriles is 1. The van der Waals surface area contributed by atoms with Crippen LogP contribution < -0.4 is 10.6 Å². The lowest BCUT2D eigenvalue weighted by Gasteiger charge is -2.39. The molecule has 1 aromatic heterocycles. The Morgan fingerprint density at radius 1 is 1.36 bits per heavy atom. The molecule has 0 fully saturated rings. The minimum Gasteiger partial charge on any atom is -0.384 e. The van der Waals surface area contributed by atoms with E-state index >= 15 is 0 Å². The van der Waals surface area contributed by atoms with Gasteiger partial charge in [-0.2, -0.15) is 5.26 Å². The van der Waals surface area contributed by atoms with E-state index in [0.717, 1.165) is 14.2 Å². The molecule has 0 amide bonds. The number of anilines is 1. The number of rotatable bonds is 2. The number of thiophene rings is 1. The van der Waals surface area contributed by atoms with Gasteiger partial charge in [0.05, 0.1) is 23.2 Å². The van der Waals surface area contributed by atoms with Gasteiger partial charge in [0.2, 0.25) is 0 Å². The summed E-state index contributed by atoms with van der Waals surface area (Å²) in [5.74, 6) is -0.769. The molecule has 0 bridgehead atoms. The van der Waals surface area contributed by atoms with Crippen LogP contribution in [0.3, 0.4) is 0 Å². The highest BCUT2D eigenvalue weighted by atomic mass is 79.9. The number of carbonyl (C=O) groups is 1. The Labute approximate surface area is 174 Å². The summed E-state index contributed by atoms with van der Waals surface area (Å²) in [7, 11) is 0. The summed E-state index contributed by atoms with van der Waals surface area (Å²) in [5.41, 5.74) is 8.23. The number of aryl methyl sites for hydroxylation is 1. The van der Waals surface area contributed by atoms with Gasteiger partial charge >= 0.3 is 0 Å². The molecule has 1 atom stereocenters. The van der Waals surface area contributed by atoms with Gasteiger partial charge in [-0.3, -0.25) is 9.69 Å². The van der Waals surface area contributed by atoms with Crippen LogP contribution in [0.5, 0.6) is 0 Å². The molecular formula is C21H17BrFN3OS. The van der Waals surface area contributed by atoms with Crippen LogP contribution in [0.25, 0.3) is 0 Å². The van der Waals surface area contributed by atoms with Crippen molar-refractivity contribution >= 4 is 38.7 Å². The standard InChI is InChI=1S/C21H17BrFN3OS/c1-11-13(22)9-18(28-11)19-12(10-24)21(25)26(15-6-3-2-5-14(15)23)16-7-4-8-17(27)20(16)19/h2-3,5-6,9,19H,4,7-8,25H2,1H3. The minimum atomic E-state index is -0.508. The van der Waals surface area contributed by atoms with Crippen LogP contribution in [0.15, 0.2) is 57.5 Å². The van der Waals surface area contributed by atoms with E-state index < -0.39 is 11.7 Å². The molecule has 0 radical (unpaired) electrons. The number of hydrogen-bond donors (Lipinski definition) is 1. The smallest absolute Gasteiger partial charge is 0.161 e. The van der Waals surface area contributed by atoms with Crippen LogP contribution in [-0.2, 0) is 4.79 Å². The van der Waals surface area contributed by atoms with Crippen molar-refractivity contribution in [2.24, 2.45) is 5.73 Å². The fourth-order valence-electron chi connectivity index (χ4n) is 3.90. The van der Waals surface area contributed by atoms with Crippen molar-refractivity contribution in [3.05, 3.63) is 73.0 Å². The van der Waals surface area contributed by atoms with Crippen molar-refractivity contribution in [1.29, 1.82) is 5.26 Å². The SMILES string of the molecule is Cc1sc(C2C(C#N)=C(N)N(c3ccccc3F)C3=C2C(=O)CCC3)cc1Br. The Hall–Kier alpha value is -2.43. The minimum absolute atomic E-state index is 0.00462. The van der Waals surface area contributed by atoms with E-state index in [-0.39, 0.29) is 22.9 Å². The van der Waals surface area contributed by atoms with E-state index in [9.17, 15) is 14.4 Å². The van der Waals surface area contributed by atoms with E-state index in [1.54, 1.807) is 23.1 Å². The predicted octanol–water partition coefficient (Wildman–Crippen LogP) is 5.26. The lowest BCUT2D eigenvalue weighted by atomic mass is 9.78. The van der Waals surface area contributed by atoms with E-state index in [1.165, 1.54) is 17.4 Å². The molecule has 1 unspecified atom stereocenters. The first-order valence-electron chi connectivity index (χ1n) is 8.90. The van der Waals surface area contributed by atoms with Gasteiger partial charge in [-0.15, -0.1) is 11.3 Å². The van der Waals surface area contributed by atoms with E-state index in [1.807, 2.05) is 13.0 Å². The highest BCUT2D eigenvalue weighted by Crippen LogP contribution is 2.48. The van der Waals surface area contributed by atoms with Crippen LogP contribution in [0.2, 0.25) is 0 Å². The first kappa shape index (κ1) is 18.9. The number of ketones is 1. The fourth-order valence-corrected chi connectivity index (χ4v) is 5.58. The Balaban J connectivity index is 2.00. The second kappa shape index (κ2) is 7.19. The highest BCUT2D eigenvalue weighted by molar-refractivity contribution is 9.10. The molecule has 1 aliphatic heterocycles. The first-order chi connectivity index (χ1) is 13.4. The van der Waals surface area contributed by atoms with Gasteiger partial charge in [-0.25, -0.2) is 4.39 Å². The van der Waals surface area contributed by atoms with Crippen LogP contribution in [0, 0.1) is 24.1 Å². The Morgan fingerprint density at radius 3 is 2.75 bits per heavy atom. The summed E-state index contributed by atoms with van der Waals surface area (Å²) in [6.07, 6.45) is 1.71. The molecule has 0 saturated heterocycles. The third-order valence-corrected chi connectivity index (χ3v) is 7.37. The monoisotopic (exact) mass is 457 g/mol. The number of nitrogens with zero attached hydrogens (tertiary/aromatic N) is 2. The molecule has 142 valence electrons. The molecule has 0 spiro atoms. The molecular weight excluding hydrogens is 441 g/mol. The third-order valence-electron chi connectivity index (χ3n) is 5.17. The quantitative estimate of drug-likeness (QED) is 0.667. The number of benzene rings is 1. The Kier molecular flexibility index (Phi) is 4.86. The maximum atomic E-state index is 14.6. The summed E-state index contributed by atoms with van der Waals surface area (Å²) in [6, 6.07) is 10.4. The average Bonchev–Trinajstić information content (AvgIpc) is 3.00. The fraction of sp³-hybridized carbons (Fsp3) is 0.238. The zero-order chi connectivity index (χ0) is 20.0. The van der Waals surface area contributed by atoms with Crippen molar-refractivity contribution in [3.8, 4) is 6.07 Å². The molecule has 4 nitrogen and oxygen atoms in total. The van der Waals surface area contributed by atoms with Gasteiger partial charge in [0.15, 0.2) is 5.78 Å². The summed E-state index contributed by atoms with van der Waals surface area (Å²) < 4.78 is 15.5. The van der Waals surface area contributed by atoms with Crippen molar-refractivity contribution in [2.45, 2.75) is 32.1 Å². The third kappa shape index (κ3) is 2.88. The highest BCUT2D eigenvalue weighted by Gasteiger charge is 2.41. The predicted molar refractivity (Wildman–Crippen MR) is 111 cm³/mol. The van der Waals surface area contributed by atoms with Crippen molar-refractivity contribution < 1.29 is 9.18 Å². The maximum Gasteiger partial charge on any atom is 0.161 e. The van der Waals surface area contributed by atoms with Gasteiger partial charge in [-0.05, 0) is 53.9 Å².